The highest BCUT2D eigenvalue weighted by molar-refractivity contribution is 5.39. The van der Waals surface area contributed by atoms with E-state index in [-0.39, 0.29) is 0 Å². The third kappa shape index (κ3) is 2.33. The summed E-state index contributed by atoms with van der Waals surface area (Å²) in [5, 5.41) is 3.51. The van der Waals surface area contributed by atoms with Gasteiger partial charge in [0.15, 0.2) is 5.69 Å². The van der Waals surface area contributed by atoms with Crippen molar-refractivity contribution in [2.75, 3.05) is 0 Å². The number of rotatable bonds is 1. The van der Waals surface area contributed by atoms with Crippen LogP contribution in [0.4, 0.5) is 13.2 Å². The molecule has 17 heavy (non-hydrogen) atoms. The standard InChI is InChI=1S/C12H11F3N2/c1-8-3-4-10(7-9(8)2)17-6-5-11(16-17)12(13,14)15/h3-7H,1-2H3. The van der Waals surface area contributed by atoms with Gasteiger partial charge < -0.3 is 0 Å². The fourth-order valence-corrected chi connectivity index (χ4v) is 1.49. The molecule has 1 aromatic heterocycles. The molecule has 1 heterocycles. The van der Waals surface area contributed by atoms with Crippen LogP contribution in [0.15, 0.2) is 30.5 Å². The maximum atomic E-state index is 12.4. The Hall–Kier alpha value is -1.78. The van der Waals surface area contributed by atoms with Gasteiger partial charge in [0, 0.05) is 6.20 Å². The summed E-state index contributed by atoms with van der Waals surface area (Å²) in [6, 6.07) is 6.38. The summed E-state index contributed by atoms with van der Waals surface area (Å²) in [6.07, 6.45) is -3.09. The molecule has 2 aromatic rings. The molecule has 0 amide bonds. The van der Waals surface area contributed by atoms with Gasteiger partial charge in [-0.1, -0.05) is 6.07 Å². The van der Waals surface area contributed by atoms with Gasteiger partial charge in [-0.15, -0.1) is 0 Å². The molecule has 0 N–H and O–H groups in total. The average Bonchev–Trinajstić information content (AvgIpc) is 2.70. The van der Waals surface area contributed by atoms with E-state index in [2.05, 4.69) is 5.10 Å². The number of aromatic nitrogens is 2. The minimum Gasteiger partial charge on any atom is -0.240 e. The maximum absolute atomic E-state index is 12.4. The van der Waals surface area contributed by atoms with Gasteiger partial charge in [0.2, 0.25) is 0 Å². The smallest absolute Gasteiger partial charge is 0.240 e. The summed E-state index contributed by atoms with van der Waals surface area (Å²) >= 11 is 0. The number of alkyl halides is 3. The third-order valence-electron chi connectivity index (χ3n) is 2.63. The van der Waals surface area contributed by atoms with Crippen LogP contribution in [0.2, 0.25) is 0 Å². The van der Waals surface area contributed by atoms with Gasteiger partial charge in [-0.2, -0.15) is 18.3 Å². The van der Waals surface area contributed by atoms with Crippen molar-refractivity contribution in [1.29, 1.82) is 0 Å². The Kier molecular flexibility index (Phi) is 2.69. The molecule has 2 nitrogen and oxygen atoms in total. The predicted molar refractivity (Wildman–Crippen MR) is 58.0 cm³/mol. The van der Waals surface area contributed by atoms with Crippen LogP contribution in [0.3, 0.4) is 0 Å². The van der Waals surface area contributed by atoms with Crippen molar-refractivity contribution < 1.29 is 13.2 Å². The van der Waals surface area contributed by atoms with Gasteiger partial charge in [0.25, 0.3) is 0 Å². The molecule has 2 rings (SSSR count). The molecule has 5 heteroatoms. The lowest BCUT2D eigenvalue weighted by molar-refractivity contribution is -0.141. The zero-order valence-electron chi connectivity index (χ0n) is 9.42. The highest BCUT2D eigenvalue weighted by Crippen LogP contribution is 2.28. The Labute approximate surface area is 96.7 Å². The summed E-state index contributed by atoms with van der Waals surface area (Å²) in [5.74, 6) is 0. The average molecular weight is 240 g/mol. The number of halogens is 3. The number of nitrogens with zero attached hydrogens (tertiary/aromatic N) is 2. The van der Waals surface area contributed by atoms with Crippen LogP contribution in [-0.2, 0) is 6.18 Å². The Morgan fingerprint density at radius 2 is 1.76 bits per heavy atom. The molecule has 0 radical (unpaired) electrons. The molecule has 0 bridgehead atoms. The zero-order valence-corrected chi connectivity index (χ0v) is 9.42. The monoisotopic (exact) mass is 240 g/mol. The lowest BCUT2D eigenvalue weighted by Crippen LogP contribution is -2.07. The molecule has 0 aliphatic heterocycles. The number of hydrogen-bond acceptors (Lipinski definition) is 1. The molecule has 0 aliphatic carbocycles. The number of benzene rings is 1. The van der Waals surface area contributed by atoms with Crippen LogP contribution in [0.1, 0.15) is 16.8 Å². The van der Waals surface area contributed by atoms with Crippen LogP contribution < -0.4 is 0 Å². The normalized spacial score (nSPS) is 11.8. The van der Waals surface area contributed by atoms with E-state index < -0.39 is 11.9 Å². The van der Waals surface area contributed by atoms with Crippen molar-refractivity contribution >= 4 is 0 Å². The second-order valence-electron chi connectivity index (χ2n) is 3.91. The van der Waals surface area contributed by atoms with Crippen molar-refractivity contribution in [2.45, 2.75) is 20.0 Å². The summed E-state index contributed by atoms with van der Waals surface area (Å²) in [5.41, 5.74) is 1.86. The second-order valence-corrected chi connectivity index (χ2v) is 3.91. The van der Waals surface area contributed by atoms with Gasteiger partial charge in [-0.3, -0.25) is 0 Å². The van der Waals surface area contributed by atoms with Crippen molar-refractivity contribution in [3.63, 3.8) is 0 Å². The Balaban J connectivity index is 2.40. The zero-order chi connectivity index (χ0) is 12.6. The lowest BCUT2D eigenvalue weighted by atomic mass is 10.1. The molecule has 0 spiro atoms. The highest BCUT2D eigenvalue weighted by atomic mass is 19.4. The summed E-state index contributed by atoms with van der Waals surface area (Å²) < 4.78 is 38.4. The third-order valence-corrected chi connectivity index (χ3v) is 2.63. The molecule has 0 fully saturated rings. The minimum atomic E-state index is -4.40. The molecule has 0 atom stereocenters. The molecule has 1 aromatic carbocycles. The fourth-order valence-electron chi connectivity index (χ4n) is 1.49. The first kappa shape index (κ1) is 11.7. The fraction of sp³-hybridized carbons (Fsp3) is 0.250. The lowest BCUT2D eigenvalue weighted by Gasteiger charge is -2.05. The first-order chi connectivity index (χ1) is 7.88. The molecule has 0 unspecified atom stereocenters. The van der Waals surface area contributed by atoms with Crippen LogP contribution in [0.5, 0.6) is 0 Å². The van der Waals surface area contributed by atoms with Crippen LogP contribution in [-0.4, -0.2) is 9.78 Å². The van der Waals surface area contributed by atoms with E-state index in [0.29, 0.717) is 5.69 Å². The number of hydrogen-bond donors (Lipinski definition) is 0. The first-order valence-corrected chi connectivity index (χ1v) is 5.08. The molecular weight excluding hydrogens is 229 g/mol. The van der Waals surface area contributed by atoms with Gasteiger partial charge in [0.05, 0.1) is 5.69 Å². The van der Waals surface area contributed by atoms with Gasteiger partial charge in [0.1, 0.15) is 0 Å². The second kappa shape index (κ2) is 3.91. The number of aryl methyl sites for hydroxylation is 2. The van der Waals surface area contributed by atoms with Gasteiger partial charge in [-0.05, 0) is 43.2 Å². The Morgan fingerprint density at radius 1 is 1.06 bits per heavy atom. The van der Waals surface area contributed by atoms with Crippen LogP contribution in [0.25, 0.3) is 5.69 Å². The molecular formula is C12H11F3N2. The van der Waals surface area contributed by atoms with E-state index in [0.717, 1.165) is 17.2 Å². The topological polar surface area (TPSA) is 17.8 Å². The minimum absolute atomic E-state index is 0.628. The summed E-state index contributed by atoms with van der Waals surface area (Å²) in [4.78, 5) is 0. The Bertz CT molecular complexity index is 541. The van der Waals surface area contributed by atoms with Crippen molar-refractivity contribution in [2.24, 2.45) is 0 Å². The van der Waals surface area contributed by atoms with E-state index >= 15 is 0 Å². The van der Waals surface area contributed by atoms with Crippen molar-refractivity contribution in [3.05, 3.63) is 47.3 Å². The highest BCUT2D eigenvalue weighted by Gasteiger charge is 2.33. The van der Waals surface area contributed by atoms with E-state index in [1.807, 2.05) is 26.0 Å². The summed E-state index contributed by atoms with van der Waals surface area (Å²) in [7, 11) is 0. The Morgan fingerprint density at radius 3 is 2.29 bits per heavy atom. The van der Waals surface area contributed by atoms with E-state index in [9.17, 15) is 13.2 Å². The van der Waals surface area contributed by atoms with Crippen molar-refractivity contribution in [3.8, 4) is 5.69 Å². The van der Waals surface area contributed by atoms with Gasteiger partial charge in [-0.25, -0.2) is 4.68 Å². The molecule has 0 saturated heterocycles. The largest absolute Gasteiger partial charge is 0.435 e. The van der Waals surface area contributed by atoms with E-state index in [1.165, 1.54) is 10.9 Å². The molecule has 0 saturated carbocycles. The maximum Gasteiger partial charge on any atom is 0.435 e. The first-order valence-electron chi connectivity index (χ1n) is 5.08. The summed E-state index contributed by atoms with van der Waals surface area (Å²) in [6.45, 7) is 3.86. The van der Waals surface area contributed by atoms with Crippen LogP contribution >= 0.6 is 0 Å². The van der Waals surface area contributed by atoms with Crippen molar-refractivity contribution in [1.82, 2.24) is 9.78 Å². The van der Waals surface area contributed by atoms with E-state index in [4.69, 9.17) is 0 Å². The van der Waals surface area contributed by atoms with Gasteiger partial charge >= 0.3 is 6.18 Å². The van der Waals surface area contributed by atoms with E-state index in [1.54, 1.807) is 6.07 Å². The SMILES string of the molecule is Cc1ccc(-n2ccc(C(F)(F)F)n2)cc1C. The predicted octanol–water partition coefficient (Wildman–Crippen LogP) is 3.51. The molecule has 0 aliphatic rings. The quantitative estimate of drug-likeness (QED) is 0.745. The van der Waals surface area contributed by atoms with Crippen LogP contribution in [0, 0.1) is 13.8 Å². The molecule has 90 valence electrons.